The van der Waals surface area contributed by atoms with Crippen LogP contribution in [0.4, 0.5) is 0 Å². The van der Waals surface area contributed by atoms with E-state index in [-0.39, 0.29) is 0 Å². The van der Waals surface area contributed by atoms with Gasteiger partial charge in [-0.1, -0.05) is 5.92 Å². The van der Waals surface area contributed by atoms with E-state index in [1.165, 1.54) is 0 Å². The van der Waals surface area contributed by atoms with Crippen molar-refractivity contribution in [3.05, 3.63) is 0 Å². The van der Waals surface area contributed by atoms with Crippen molar-refractivity contribution < 1.29 is 14.3 Å². The molecular formula is C6H6O3. The molecular weight excluding hydrogens is 120 g/mol. The van der Waals surface area contributed by atoms with E-state index in [2.05, 4.69) is 10.7 Å². The highest BCUT2D eigenvalue weighted by Gasteiger charge is 2.38. The van der Waals surface area contributed by atoms with E-state index in [4.69, 9.17) is 11.2 Å². The summed E-state index contributed by atoms with van der Waals surface area (Å²) in [5, 5.41) is 0. The van der Waals surface area contributed by atoms with E-state index < -0.39 is 5.60 Å². The minimum atomic E-state index is -0.748. The fraction of sp³-hybridized carbons (Fsp3) is 0.500. The first kappa shape index (κ1) is 6.12. The number of hydrogen-bond donors (Lipinski definition) is 0. The van der Waals surface area contributed by atoms with Gasteiger partial charge in [0, 0.05) is 0 Å². The number of terminal acetylenes is 1. The van der Waals surface area contributed by atoms with Crippen molar-refractivity contribution in [2.45, 2.75) is 5.60 Å². The third-order valence-electron chi connectivity index (χ3n) is 1.21. The minimum Gasteiger partial charge on any atom is -0.443 e. The van der Waals surface area contributed by atoms with Crippen molar-refractivity contribution in [2.75, 3.05) is 13.2 Å². The molecule has 1 heterocycles. The molecule has 0 aliphatic carbocycles. The van der Waals surface area contributed by atoms with Crippen LogP contribution in [-0.4, -0.2) is 25.3 Å². The topological polar surface area (TPSA) is 35.5 Å². The Morgan fingerprint density at radius 1 is 1.78 bits per heavy atom. The Kier molecular flexibility index (Phi) is 1.41. The normalized spacial score (nSPS) is 21.2. The summed E-state index contributed by atoms with van der Waals surface area (Å²) in [6.07, 6.45) is 5.04. The van der Waals surface area contributed by atoms with Crippen molar-refractivity contribution in [3.8, 4) is 12.3 Å². The molecule has 0 spiro atoms. The summed E-state index contributed by atoms with van der Waals surface area (Å²) in [6, 6.07) is 0. The summed E-state index contributed by atoms with van der Waals surface area (Å²) in [5.74, 6) is 2.34. The maximum Gasteiger partial charge on any atom is 0.294 e. The van der Waals surface area contributed by atoms with Crippen LogP contribution >= 0.6 is 0 Å². The molecule has 0 aromatic rings. The lowest BCUT2D eigenvalue weighted by atomic mass is 10.0. The molecule has 0 N–H and O–H groups in total. The van der Waals surface area contributed by atoms with Gasteiger partial charge in [-0.15, -0.1) is 6.42 Å². The molecule has 0 amide bonds. The Morgan fingerprint density at radius 3 is 2.56 bits per heavy atom. The summed E-state index contributed by atoms with van der Waals surface area (Å²) in [5.41, 5.74) is -0.748. The third-order valence-corrected chi connectivity index (χ3v) is 1.21. The van der Waals surface area contributed by atoms with E-state index in [9.17, 15) is 4.79 Å². The van der Waals surface area contributed by atoms with Crippen LogP contribution in [0.25, 0.3) is 0 Å². The van der Waals surface area contributed by atoms with Gasteiger partial charge < -0.3 is 9.47 Å². The lowest BCUT2D eigenvalue weighted by Crippen LogP contribution is -2.50. The standard InChI is InChI=1S/C6H6O3/c1-2-6(9-5-7)3-8-4-6/h1,5H,3-4H2. The first-order chi connectivity index (χ1) is 4.33. The van der Waals surface area contributed by atoms with Crippen LogP contribution in [0.5, 0.6) is 0 Å². The summed E-state index contributed by atoms with van der Waals surface area (Å²) in [7, 11) is 0. The Bertz CT molecular complexity index is 152. The van der Waals surface area contributed by atoms with Gasteiger partial charge in [0.25, 0.3) is 6.47 Å². The Hall–Kier alpha value is -1.01. The zero-order chi connectivity index (χ0) is 6.74. The Balaban J connectivity index is 2.49. The highest BCUT2D eigenvalue weighted by Crippen LogP contribution is 2.18. The molecule has 0 radical (unpaired) electrons. The molecule has 48 valence electrons. The van der Waals surface area contributed by atoms with Crippen LogP contribution in [-0.2, 0) is 14.3 Å². The van der Waals surface area contributed by atoms with Crippen LogP contribution < -0.4 is 0 Å². The number of hydrogen-bond acceptors (Lipinski definition) is 3. The molecule has 3 heteroatoms. The van der Waals surface area contributed by atoms with E-state index in [1.807, 2.05) is 0 Å². The molecule has 1 aliphatic heterocycles. The van der Waals surface area contributed by atoms with Gasteiger partial charge in [0.2, 0.25) is 5.60 Å². The van der Waals surface area contributed by atoms with Crippen molar-refractivity contribution in [2.24, 2.45) is 0 Å². The second-order valence-corrected chi connectivity index (χ2v) is 1.85. The molecule has 0 aromatic carbocycles. The quantitative estimate of drug-likeness (QED) is 0.371. The van der Waals surface area contributed by atoms with Gasteiger partial charge in [0.15, 0.2) is 0 Å². The molecule has 1 fully saturated rings. The average molecular weight is 126 g/mol. The highest BCUT2D eigenvalue weighted by molar-refractivity contribution is 5.40. The second-order valence-electron chi connectivity index (χ2n) is 1.85. The smallest absolute Gasteiger partial charge is 0.294 e. The van der Waals surface area contributed by atoms with Gasteiger partial charge in [-0.25, -0.2) is 0 Å². The molecule has 0 atom stereocenters. The molecule has 3 nitrogen and oxygen atoms in total. The van der Waals surface area contributed by atoms with Gasteiger partial charge in [0.1, 0.15) is 13.2 Å². The first-order valence-corrected chi connectivity index (χ1v) is 2.50. The zero-order valence-electron chi connectivity index (χ0n) is 4.79. The van der Waals surface area contributed by atoms with Gasteiger partial charge >= 0.3 is 0 Å². The number of ether oxygens (including phenoxy) is 2. The lowest BCUT2D eigenvalue weighted by molar-refractivity contribution is -0.179. The predicted octanol–water partition coefficient (Wildman–Crippen LogP) is -0.438. The molecule has 0 aromatic heterocycles. The molecule has 1 saturated heterocycles. The van der Waals surface area contributed by atoms with Crippen molar-refractivity contribution in [1.82, 2.24) is 0 Å². The van der Waals surface area contributed by atoms with Crippen LogP contribution in [0.15, 0.2) is 0 Å². The van der Waals surface area contributed by atoms with E-state index in [1.54, 1.807) is 0 Å². The maximum absolute atomic E-state index is 9.80. The number of rotatable bonds is 2. The third kappa shape index (κ3) is 0.889. The lowest BCUT2D eigenvalue weighted by Gasteiger charge is -2.34. The Morgan fingerprint density at radius 2 is 2.44 bits per heavy atom. The van der Waals surface area contributed by atoms with Gasteiger partial charge in [0.05, 0.1) is 0 Å². The Labute approximate surface area is 52.9 Å². The van der Waals surface area contributed by atoms with Crippen LogP contribution in [0.1, 0.15) is 0 Å². The maximum atomic E-state index is 9.80. The highest BCUT2D eigenvalue weighted by atomic mass is 16.6. The number of carbonyl (C=O) groups excluding carboxylic acids is 1. The predicted molar refractivity (Wildman–Crippen MR) is 29.5 cm³/mol. The summed E-state index contributed by atoms with van der Waals surface area (Å²) < 4.78 is 9.33. The van der Waals surface area contributed by atoms with Crippen molar-refractivity contribution >= 4 is 6.47 Å². The van der Waals surface area contributed by atoms with Crippen LogP contribution in [0.3, 0.4) is 0 Å². The van der Waals surface area contributed by atoms with Gasteiger partial charge in [-0.05, 0) is 0 Å². The SMILES string of the molecule is C#CC1(OC=O)COC1. The largest absolute Gasteiger partial charge is 0.443 e. The fourth-order valence-corrected chi connectivity index (χ4v) is 0.565. The fourth-order valence-electron chi connectivity index (χ4n) is 0.565. The van der Waals surface area contributed by atoms with E-state index in [0.717, 1.165) is 0 Å². The molecule has 9 heavy (non-hydrogen) atoms. The molecule has 1 aliphatic rings. The van der Waals surface area contributed by atoms with Crippen LogP contribution in [0.2, 0.25) is 0 Å². The van der Waals surface area contributed by atoms with Crippen molar-refractivity contribution in [1.29, 1.82) is 0 Å². The zero-order valence-corrected chi connectivity index (χ0v) is 4.79. The minimum absolute atomic E-state index is 0.322. The summed E-state index contributed by atoms with van der Waals surface area (Å²) in [4.78, 5) is 9.80. The molecule has 0 saturated carbocycles. The van der Waals surface area contributed by atoms with Gasteiger partial charge in [-0.3, -0.25) is 4.79 Å². The molecule has 0 unspecified atom stereocenters. The van der Waals surface area contributed by atoms with E-state index in [0.29, 0.717) is 19.7 Å². The second kappa shape index (κ2) is 2.08. The van der Waals surface area contributed by atoms with Gasteiger partial charge in [-0.2, -0.15) is 0 Å². The molecule has 1 rings (SSSR count). The average Bonchev–Trinajstić information content (AvgIpc) is 1.79. The first-order valence-electron chi connectivity index (χ1n) is 2.50. The molecule has 0 bridgehead atoms. The van der Waals surface area contributed by atoms with Crippen molar-refractivity contribution in [3.63, 3.8) is 0 Å². The number of carbonyl (C=O) groups is 1. The van der Waals surface area contributed by atoms with Crippen LogP contribution in [0, 0.1) is 12.3 Å². The van der Waals surface area contributed by atoms with E-state index >= 15 is 0 Å². The monoisotopic (exact) mass is 126 g/mol. The summed E-state index contributed by atoms with van der Waals surface area (Å²) >= 11 is 0. The summed E-state index contributed by atoms with van der Waals surface area (Å²) in [6.45, 7) is 0.993.